The minimum absolute atomic E-state index is 0.0344. The van der Waals surface area contributed by atoms with E-state index in [1.165, 1.54) is 11.3 Å². The van der Waals surface area contributed by atoms with Gasteiger partial charge in [0.1, 0.15) is 6.54 Å². The van der Waals surface area contributed by atoms with E-state index < -0.39 is 11.9 Å². The average Bonchev–Trinajstić information content (AvgIpc) is 3.33. The van der Waals surface area contributed by atoms with Crippen LogP contribution in [0.25, 0.3) is 0 Å². The maximum atomic E-state index is 12.0. The molecule has 1 aromatic carbocycles. The summed E-state index contributed by atoms with van der Waals surface area (Å²) in [4.78, 5) is 36.2. The largest absolute Gasteiger partial charge is 0.464 e. The third kappa shape index (κ3) is 4.60. The molecule has 1 aliphatic rings. The summed E-state index contributed by atoms with van der Waals surface area (Å²) in [7, 11) is 0. The first kappa shape index (κ1) is 17.9. The molecule has 0 bridgehead atoms. The van der Waals surface area contributed by atoms with Crippen LogP contribution in [-0.2, 0) is 9.53 Å². The average molecular weight is 375 g/mol. The summed E-state index contributed by atoms with van der Waals surface area (Å²) < 4.78 is 15.4. The predicted octanol–water partition coefficient (Wildman–Crippen LogP) is 2.41. The van der Waals surface area contributed by atoms with Crippen LogP contribution in [0.5, 0.6) is 11.5 Å². The summed E-state index contributed by atoms with van der Waals surface area (Å²) in [5, 5.41) is 4.33. The summed E-state index contributed by atoms with van der Waals surface area (Å²) in [6.45, 7) is 0.0176. The fourth-order valence-corrected chi connectivity index (χ4v) is 3.02. The first-order valence-electron chi connectivity index (χ1n) is 8.03. The van der Waals surface area contributed by atoms with Crippen LogP contribution >= 0.6 is 11.3 Å². The molecule has 0 spiro atoms. The van der Waals surface area contributed by atoms with E-state index in [1.807, 2.05) is 11.4 Å². The Labute approximate surface area is 153 Å². The van der Waals surface area contributed by atoms with E-state index in [9.17, 15) is 14.4 Å². The predicted molar refractivity (Wildman–Crippen MR) is 93.7 cm³/mol. The maximum Gasteiger partial charge on any atom is 0.325 e. The maximum absolute atomic E-state index is 12.0. The van der Waals surface area contributed by atoms with Crippen molar-refractivity contribution in [3.63, 3.8) is 0 Å². The summed E-state index contributed by atoms with van der Waals surface area (Å²) in [5.74, 6) is 0.150. The summed E-state index contributed by atoms with van der Waals surface area (Å²) in [5.41, 5.74) is 0.364. The number of rotatable bonds is 8. The Morgan fingerprint density at radius 3 is 2.81 bits per heavy atom. The Morgan fingerprint density at radius 2 is 2.00 bits per heavy atom. The van der Waals surface area contributed by atoms with Crippen molar-refractivity contribution in [1.82, 2.24) is 5.32 Å². The molecule has 0 aliphatic carbocycles. The molecule has 0 saturated carbocycles. The van der Waals surface area contributed by atoms with Crippen LogP contribution in [0.4, 0.5) is 0 Å². The lowest BCUT2D eigenvalue weighted by molar-refractivity contribution is -0.142. The minimum atomic E-state index is -0.553. The topological polar surface area (TPSA) is 90.9 Å². The van der Waals surface area contributed by atoms with Crippen molar-refractivity contribution in [3.05, 3.63) is 46.2 Å². The van der Waals surface area contributed by atoms with Gasteiger partial charge in [0.2, 0.25) is 6.79 Å². The van der Waals surface area contributed by atoms with Gasteiger partial charge in [-0.25, -0.2) is 0 Å². The van der Waals surface area contributed by atoms with Gasteiger partial charge in [-0.2, -0.15) is 0 Å². The molecule has 7 nitrogen and oxygen atoms in total. The number of Topliss-reactive ketones (excluding diaryl/α,β-unsaturated/α-hetero) is 1. The fourth-order valence-electron chi connectivity index (χ4n) is 2.32. The van der Waals surface area contributed by atoms with E-state index in [0.29, 0.717) is 34.8 Å². The molecule has 0 atom stereocenters. The minimum Gasteiger partial charge on any atom is -0.464 e. The Hall–Kier alpha value is -2.87. The number of fused-ring (bicyclic) bond motifs is 1. The zero-order chi connectivity index (χ0) is 18.4. The van der Waals surface area contributed by atoms with Crippen LogP contribution in [0.15, 0.2) is 35.7 Å². The van der Waals surface area contributed by atoms with Crippen molar-refractivity contribution in [3.8, 4) is 11.5 Å². The molecule has 8 heteroatoms. The van der Waals surface area contributed by atoms with Gasteiger partial charge in [0.05, 0.1) is 11.5 Å². The summed E-state index contributed by atoms with van der Waals surface area (Å²) in [6, 6.07) is 8.37. The molecule has 1 aliphatic heterocycles. The summed E-state index contributed by atoms with van der Waals surface area (Å²) in [6.07, 6.45) is 0.760. The molecule has 1 N–H and O–H groups in total. The molecule has 1 amide bonds. The van der Waals surface area contributed by atoms with E-state index >= 15 is 0 Å². The van der Waals surface area contributed by atoms with Crippen molar-refractivity contribution in [1.29, 1.82) is 0 Å². The van der Waals surface area contributed by atoms with Gasteiger partial charge in [-0.1, -0.05) is 6.07 Å². The summed E-state index contributed by atoms with van der Waals surface area (Å²) >= 11 is 1.39. The second kappa shape index (κ2) is 8.48. The quantitative estimate of drug-likeness (QED) is 0.433. The Kier molecular flexibility index (Phi) is 5.85. The first-order chi connectivity index (χ1) is 12.6. The Bertz CT molecular complexity index is 802. The standard InChI is InChI=1S/C18H17NO6S/c20-13(16-4-2-8-26-16)3-1-7-23-17(21)10-19-18(22)12-5-6-14-15(9-12)25-11-24-14/h2,4-6,8-9H,1,3,7,10-11H2,(H,19,22). The van der Waals surface area contributed by atoms with Gasteiger partial charge in [-0.05, 0) is 36.1 Å². The molecular formula is C18H17NO6S. The number of carbonyl (C=O) groups excluding carboxylic acids is 3. The number of nitrogens with one attached hydrogen (secondary N) is 1. The third-order valence-electron chi connectivity index (χ3n) is 3.64. The number of hydrogen-bond acceptors (Lipinski definition) is 7. The lowest BCUT2D eigenvalue weighted by Crippen LogP contribution is -2.30. The number of ether oxygens (including phenoxy) is 3. The Balaban J connectivity index is 1.35. The van der Waals surface area contributed by atoms with Gasteiger partial charge in [0.25, 0.3) is 5.91 Å². The molecule has 0 unspecified atom stereocenters. The van der Waals surface area contributed by atoms with Gasteiger partial charge >= 0.3 is 5.97 Å². The van der Waals surface area contributed by atoms with Gasteiger partial charge in [0, 0.05) is 12.0 Å². The highest BCUT2D eigenvalue weighted by Gasteiger charge is 2.16. The molecule has 26 heavy (non-hydrogen) atoms. The van der Waals surface area contributed by atoms with Crippen molar-refractivity contribution >= 4 is 29.0 Å². The SMILES string of the molecule is O=C(CNC(=O)c1ccc2c(c1)OCO2)OCCCC(=O)c1cccs1. The van der Waals surface area contributed by atoms with Crippen molar-refractivity contribution in [2.24, 2.45) is 0 Å². The fraction of sp³-hybridized carbons (Fsp3) is 0.278. The second-order valence-electron chi connectivity index (χ2n) is 5.48. The molecule has 136 valence electrons. The zero-order valence-corrected chi connectivity index (χ0v) is 14.7. The highest BCUT2D eigenvalue weighted by atomic mass is 32.1. The van der Waals surface area contributed by atoms with Gasteiger partial charge < -0.3 is 19.5 Å². The number of benzene rings is 1. The van der Waals surface area contributed by atoms with Crippen LogP contribution in [0.3, 0.4) is 0 Å². The van der Waals surface area contributed by atoms with Crippen LogP contribution in [0.2, 0.25) is 0 Å². The van der Waals surface area contributed by atoms with E-state index in [1.54, 1.807) is 24.3 Å². The Morgan fingerprint density at radius 1 is 1.15 bits per heavy atom. The smallest absolute Gasteiger partial charge is 0.325 e. The normalized spacial score (nSPS) is 11.8. The number of amides is 1. The molecule has 3 rings (SSSR count). The number of thiophene rings is 1. The van der Waals surface area contributed by atoms with Crippen molar-refractivity contribution in [2.45, 2.75) is 12.8 Å². The molecular weight excluding hydrogens is 358 g/mol. The highest BCUT2D eigenvalue weighted by molar-refractivity contribution is 7.12. The van der Waals surface area contributed by atoms with E-state index in [2.05, 4.69) is 5.32 Å². The van der Waals surface area contributed by atoms with Crippen molar-refractivity contribution in [2.75, 3.05) is 19.9 Å². The van der Waals surface area contributed by atoms with Crippen LogP contribution in [-0.4, -0.2) is 37.6 Å². The van der Waals surface area contributed by atoms with Crippen molar-refractivity contribution < 1.29 is 28.6 Å². The number of hydrogen-bond donors (Lipinski definition) is 1. The van der Waals surface area contributed by atoms with Gasteiger partial charge in [-0.15, -0.1) is 11.3 Å². The lowest BCUT2D eigenvalue weighted by atomic mass is 10.2. The number of ketones is 1. The molecule has 0 saturated heterocycles. The number of carbonyl (C=O) groups is 3. The van der Waals surface area contributed by atoms with Crippen LogP contribution in [0, 0.1) is 0 Å². The van der Waals surface area contributed by atoms with Gasteiger partial charge in [0.15, 0.2) is 17.3 Å². The zero-order valence-electron chi connectivity index (χ0n) is 13.9. The number of esters is 1. The van der Waals surface area contributed by atoms with Crippen LogP contribution in [0.1, 0.15) is 32.9 Å². The lowest BCUT2D eigenvalue weighted by Gasteiger charge is -2.07. The second-order valence-corrected chi connectivity index (χ2v) is 6.42. The van der Waals surface area contributed by atoms with Crippen LogP contribution < -0.4 is 14.8 Å². The molecule has 2 heterocycles. The van der Waals surface area contributed by atoms with E-state index in [0.717, 1.165) is 0 Å². The van der Waals surface area contributed by atoms with Gasteiger partial charge in [-0.3, -0.25) is 14.4 Å². The van der Waals surface area contributed by atoms with E-state index in [-0.39, 0.29) is 25.7 Å². The highest BCUT2D eigenvalue weighted by Crippen LogP contribution is 2.32. The molecule has 0 fully saturated rings. The molecule has 1 aromatic heterocycles. The monoisotopic (exact) mass is 375 g/mol. The molecule has 0 radical (unpaired) electrons. The first-order valence-corrected chi connectivity index (χ1v) is 8.91. The molecule has 2 aromatic rings. The third-order valence-corrected chi connectivity index (χ3v) is 4.55. The van der Waals surface area contributed by atoms with E-state index in [4.69, 9.17) is 14.2 Å².